The number of halogens is 6. The van der Waals surface area contributed by atoms with Crippen LogP contribution >= 0.6 is 0 Å². The van der Waals surface area contributed by atoms with Gasteiger partial charge in [0.2, 0.25) is 0 Å². The minimum absolute atomic E-state index is 0.127. The van der Waals surface area contributed by atoms with Crippen LogP contribution in [0.1, 0.15) is 22.4 Å². The standard InChI is InChI=1S/C20H13F6N3O/c21-19(22,23)14-3-1-2-13-15(9-17(20(24,25)26)28-18(13)14)29-27-10-11-4-5-16-12(8-11)6-7-30-16/h1-5,8-10H,6-7H2,(H,28,29)/b27-10+. The Labute approximate surface area is 166 Å². The summed E-state index contributed by atoms with van der Waals surface area (Å²) in [4.78, 5) is 3.23. The second kappa shape index (κ2) is 7.19. The molecular weight excluding hydrogens is 412 g/mol. The number of aromatic nitrogens is 1. The lowest BCUT2D eigenvalue weighted by atomic mass is 10.1. The smallest absolute Gasteiger partial charge is 0.433 e. The third-order valence-corrected chi connectivity index (χ3v) is 4.55. The molecule has 0 saturated carbocycles. The number of pyridine rings is 1. The molecule has 0 fully saturated rings. The molecule has 156 valence electrons. The highest BCUT2D eigenvalue weighted by molar-refractivity contribution is 5.94. The highest BCUT2D eigenvalue weighted by atomic mass is 19.4. The fraction of sp³-hybridized carbons (Fsp3) is 0.200. The van der Waals surface area contributed by atoms with Crippen molar-refractivity contribution >= 4 is 22.8 Å². The van der Waals surface area contributed by atoms with Crippen molar-refractivity contribution in [3.63, 3.8) is 0 Å². The maximum Gasteiger partial charge on any atom is 0.433 e. The zero-order valence-corrected chi connectivity index (χ0v) is 15.1. The molecule has 1 N–H and O–H groups in total. The molecule has 0 bridgehead atoms. The first-order valence-electron chi connectivity index (χ1n) is 8.76. The topological polar surface area (TPSA) is 46.5 Å². The highest BCUT2D eigenvalue weighted by Crippen LogP contribution is 2.39. The Morgan fingerprint density at radius 3 is 2.53 bits per heavy atom. The lowest BCUT2D eigenvalue weighted by molar-refractivity contribution is -0.142. The molecule has 1 aliphatic heterocycles. The summed E-state index contributed by atoms with van der Waals surface area (Å²) in [6, 6.07) is 8.97. The van der Waals surface area contributed by atoms with Gasteiger partial charge in [0.1, 0.15) is 11.4 Å². The van der Waals surface area contributed by atoms with Gasteiger partial charge in [-0.1, -0.05) is 12.1 Å². The number of hydrazone groups is 1. The van der Waals surface area contributed by atoms with E-state index in [2.05, 4.69) is 15.5 Å². The SMILES string of the molecule is FC(F)(F)c1cc(N/N=C/c2ccc3c(c2)CCO3)c2cccc(C(F)(F)F)c2n1. The number of hydrogen-bond donors (Lipinski definition) is 1. The summed E-state index contributed by atoms with van der Waals surface area (Å²) in [5.74, 6) is 0.759. The number of hydrogen-bond acceptors (Lipinski definition) is 4. The summed E-state index contributed by atoms with van der Waals surface area (Å²) in [6.07, 6.45) is -7.68. The van der Waals surface area contributed by atoms with E-state index >= 15 is 0 Å². The highest BCUT2D eigenvalue weighted by Gasteiger charge is 2.37. The number of benzene rings is 2. The number of ether oxygens (including phenoxy) is 1. The molecule has 0 amide bonds. The summed E-state index contributed by atoms with van der Waals surface area (Å²) in [6.45, 7) is 0.568. The quantitative estimate of drug-likeness (QED) is 0.335. The molecule has 0 saturated heterocycles. The Kier molecular flexibility index (Phi) is 4.79. The normalized spacial score (nSPS) is 14.2. The van der Waals surface area contributed by atoms with Gasteiger partial charge in [-0.15, -0.1) is 0 Å². The van der Waals surface area contributed by atoms with Crippen LogP contribution in [0.2, 0.25) is 0 Å². The van der Waals surface area contributed by atoms with Crippen LogP contribution in [0.25, 0.3) is 10.9 Å². The average molecular weight is 425 g/mol. The largest absolute Gasteiger partial charge is 0.493 e. The van der Waals surface area contributed by atoms with Gasteiger partial charge in [-0.2, -0.15) is 31.4 Å². The van der Waals surface area contributed by atoms with Crippen LogP contribution in [0.3, 0.4) is 0 Å². The summed E-state index contributed by atoms with van der Waals surface area (Å²) < 4.78 is 84.9. The fourth-order valence-corrected chi connectivity index (χ4v) is 3.18. The van der Waals surface area contributed by atoms with Crippen molar-refractivity contribution in [3.05, 3.63) is 64.8 Å². The zero-order valence-electron chi connectivity index (χ0n) is 15.1. The van der Waals surface area contributed by atoms with E-state index < -0.39 is 29.1 Å². The first kappa shape index (κ1) is 20.0. The van der Waals surface area contributed by atoms with Crippen molar-refractivity contribution < 1.29 is 31.1 Å². The minimum atomic E-state index is -4.92. The molecule has 3 aromatic rings. The number of anilines is 1. The predicted molar refractivity (Wildman–Crippen MR) is 98.6 cm³/mol. The molecule has 4 rings (SSSR count). The van der Waals surface area contributed by atoms with Crippen LogP contribution in [0.5, 0.6) is 5.75 Å². The van der Waals surface area contributed by atoms with Crippen LogP contribution in [-0.4, -0.2) is 17.8 Å². The lowest BCUT2D eigenvalue weighted by Gasteiger charge is -2.15. The molecule has 1 aromatic heterocycles. The fourth-order valence-electron chi connectivity index (χ4n) is 3.18. The Morgan fingerprint density at radius 2 is 1.80 bits per heavy atom. The van der Waals surface area contributed by atoms with Crippen LogP contribution in [-0.2, 0) is 18.8 Å². The number of nitrogens with zero attached hydrogens (tertiary/aromatic N) is 2. The van der Waals surface area contributed by atoms with E-state index in [0.717, 1.165) is 23.8 Å². The molecule has 0 radical (unpaired) electrons. The van der Waals surface area contributed by atoms with Crippen molar-refractivity contribution in [2.75, 3.05) is 12.0 Å². The van der Waals surface area contributed by atoms with Gasteiger partial charge in [-0.25, -0.2) is 4.98 Å². The van der Waals surface area contributed by atoms with Gasteiger partial charge in [0, 0.05) is 11.8 Å². The molecule has 10 heteroatoms. The van der Waals surface area contributed by atoms with Gasteiger partial charge in [0.05, 0.1) is 29.6 Å². The molecule has 0 aliphatic carbocycles. The Hall–Kier alpha value is -3.30. The predicted octanol–water partition coefficient (Wildman–Crippen LogP) is 5.65. The van der Waals surface area contributed by atoms with Crippen molar-refractivity contribution in [3.8, 4) is 5.75 Å². The molecule has 1 aliphatic rings. The first-order chi connectivity index (χ1) is 14.1. The molecule has 30 heavy (non-hydrogen) atoms. The number of para-hydroxylation sites is 1. The Morgan fingerprint density at radius 1 is 1.00 bits per heavy atom. The van der Waals surface area contributed by atoms with Gasteiger partial charge in [0.25, 0.3) is 0 Å². The summed E-state index contributed by atoms with van der Waals surface area (Å²) in [5, 5.41) is 3.78. The van der Waals surface area contributed by atoms with Crippen molar-refractivity contribution in [1.29, 1.82) is 0 Å². The molecule has 0 spiro atoms. The summed E-state index contributed by atoms with van der Waals surface area (Å²) >= 11 is 0. The maximum absolute atomic E-state index is 13.3. The van der Waals surface area contributed by atoms with Gasteiger partial charge in [-0.3, -0.25) is 5.43 Å². The van der Waals surface area contributed by atoms with Gasteiger partial charge >= 0.3 is 12.4 Å². The number of fused-ring (bicyclic) bond motifs is 2. The third kappa shape index (κ3) is 3.89. The van der Waals surface area contributed by atoms with E-state index in [1.165, 1.54) is 12.3 Å². The molecule has 0 unspecified atom stereocenters. The van der Waals surface area contributed by atoms with E-state index in [1.54, 1.807) is 12.1 Å². The zero-order chi connectivity index (χ0) is 21.5. The molecule has 2 aromatic carbocycles. The van der Waals surface area contributed by atoms with E-state index in [4.69, 9.17) is 4.74 Å². The maximum atomic E-state index is 13.3. The van der Waals surface area contributed by atoms with Gasteiger partial charge in [0.15, 0.2) is 0 Å². The third-order valence-electron chi connectivity index (χ3n) is 4.55. The van der Waals surface area contributed by atoms with Crippen LogP contribution < -0.4 is 10.2 Å². The summed E-state index contributed by atoms with van der Waals surface area (Å²) in [5.41, 5.74) is 0.330. The second-order valence-electron chi connectivity index (χ2n) is 6.59. The molecule has 0 atom stereocenters. The van der Waals surface area contributed by atoms with Crippen molar-refractivity contribution in [2.45, 2.75) is 18.8 Å². The van der Waals surface area contributed by atoms with Gasteiger partial charge < -0.3 is 4.74 Å². The minimum Gasteiger partial charge on any atom is -0.493 e. The van der Waals surface area contributed by atoms with Crippen LogP contribution in [0, 0.1) is 0 Å². The van der Waals surface area contributed by atoms with Crippen molar-refractivity contribution in [2.24, 2.45) is 5.10 Å². The molecule has 2 heterocycles. The Bertz CT molecular complexity index is 1140. The molecule has 4 nitrogen and oxygen atoms in total. The monoisotopic (exact) mass is 425 g/mol. The van der Waals surface area contributed by atoms with Gasteiger partial charge in [-0.05, 0) is 41.5 Å². The molecular formula is C20H13F6N3O. The van der Waals surface area contributed by atoms with Crippen molar-refractivity contribution in [1.82, 2.24) is 4.98 Å². The number of alkyl halides is 6. The average Bonchev–Trinajstić information content (AvgIpc) is 3.13. The van der Waals surface area contributed by atoms with Crippen LogP contribution in [0.15, 0.2) is 47.6 Å². The number of nitrogens with one attached hydrogen (secondary N) is 1. The van der Waals surface area contributed by atoms with E-state index in [-0.39, 0.29) is 11.1 Å². The second-order valence-corrected chi connectivity index (χ2v) is 6.59. The summed E-state index contributed by atoms with van der Waals surface area (Å²) in [7, 11) is 0. The van der Waals surface area contributed by atoms with Crippen LogP contribution in [0.4, 0.5) is 32.0 Å². The van der Waals surface area contributed by atoms with E-state index in [0.29, 0.717) is 24.3 Å². The Balaban J connectivity index is 1.74. The van der Waals surface area contributed by atoms with E-state index in [9.17, 15) is 26.3 Å². The lowest BCUT2D eigenvalue weighted by Crippen LogP contribution is -2.12. The first-order valence-corrected chi connectivity index (χ1v) is 8.76. The number of rotatable bonds is 3. The van der Waals surface area contributed by atoms with E-state index in [1.807, 2.05) is 6.07 Å².